The third-order valence-corrected chi connectivity index (χ3v) is 5.43. The smallest absolute Gasteiger partial charge is 0.275 e. The maximum atomic E-state index is 12.0. The predicted octanol–water partition coefficient (Wildman–Crippen LogP) is 3.51. The van der Waals surface area contributed by atoms with Crippen molar-refractivity contribution in [3.8, 4) is 0 Å². The lowest BCUT2D eigenvalue weighted by Gasteiger charge is -2.19. The van der Waals surface area contributed by atoms with E-state index in [0.717, 1.165) is 10.8 Å². The number of hydrogen-bond acceptors (Lipinski definition) is 5. The van der Waals surface area contributed by atoms with Crippen molar-refractivity contribution in [1.29, 1.82) is 0 Å². The summed E-state index contributed by atoms with van der Waals surface area (Å²) in [7, 11) is 0. The molecule has 0 saturated carbocycles. The van der Waals surface area contributed by atoms with Crippen LogP contribution in [0.1, 0.15) is 48.2 Å². The zero-order valence-corrected chi connectivity index (χ0v) is 14.7. The zero-order valence-electron chi connectivity index (χ0n) is 13.9. The van der Waals surface area contributed by atoms with Gasteiger partial charge in [0, 0.05) is 11.8 Å². The summed E-state index contributed by atoms with van der Waals surface area (Å²) in [4.78, 5) is 17.0. The Bertz CT molecular complexity index is 959. The molecule has 0 aliphatic heterocycles. The molecule has 1 aliphatic rings. The Kier molecular flexibility index (Phi) is 3.84. The largest absolute Gasteiger partial charge is 0.354 e. The van der Waals surface area contributed by atoms with Gasteiger partial charge in [-0.25, -0.2) is 4.98 Å². The Morgan fingerprint density at radius 3 is 2.83 bits per heavy atom. The van der Waals surface area contributed by atoms with Crippen molar-refractivity contribution < 1.29 is 0 Å². The Balaban J connectivity index is 1.61. The molecule has 0 radical (unpaired) electrons. The first-order valence-electron chi connectivity index (χ1n) is 8.36. The van der Waals surface area contributed by atoms with E-state index in [-0.39, 0.29) is 11.6 Å². The Morgan fingerprint density at radius 2 is 2.00 bits per heavy atom. The highest BCUT2D eigenvalue weighted by Crippen LogP contribution is 2.27. The van der Waals surface area contributed by atoms with Crippen LogP contribution >= 0.6 is 11.3 Å². The number of fused-ring (bicyclic) bond motifs is 2. The normalized spacial score (nSPS) is 15.2. The number of aryl methyl sites for hydroxylation is 3. The average molecular weight is 340 g/mol. The Labute approximate surface area is 144 Å². The summed E-state index contributed by atoms with van der Waals surface area (Å²) in [6.45, 7) is 3.95. The predicted molar refractivity (Wildman–Crippen MR) is 97.0 cm³/mol. The van der Waals surface area contributed by atoms with Crippen LogP contribution in [-0.4, -0.2) is 14.6 Å². The molecule has 1 N–H and O–H groups in total. The highest BCUT2D eigenvalue weighted by atomic mass is 32.1. The molecule has 2 aromatic heterocycles. The fourth-order valence-corrected chi connectivity index (χ4v) is 4.21. The van der Waals surface area contributed by atoms with Crippen molar-refractivity contribution in [2.45, 2.75) is 45.6 Å². The van der Waals surface area contributed by atoms with Gasteiger partial charge in [0.2, 0.25) is 10.1 Å². The van der Waals surface area contributed by atoms with Crippen molar-refractivity contribution in [3.63, 3.8) is 0 Å². The van der Waals surface area contributed by atoms with Crippen LogP contribution in [0.3, 0.4) is 0 Å². The summed E-state index contributed by atoms with van der Waals surface area (Å²) in [6, 6.07) is 8.41. The van der Waals surface area contributed by atoms with Gasteiger partial charge < -0.3 is 5.32 Å². The molecule has 124 valence electrons. The second kappa shape index (κ2) is 6.02. The number of aromatic nitrogens is 3. The summed E-state index contributed by atoms with van der Waals surface area (Å²) in [5.74, 6) is 0. The molecule has 24 heavy (non-hydrogen) atoms. The first-order chi connectivity index (χ1) is 11.6. The van der Waals surface area contributed by atoms with Gasteiger partial charge in [-0.15, -0.1) is 5.10 Å². The van der Waals surface area contributed by atoms with Crippen LogP contribution in [0, 0.1) is 6.92 Å². The molecule has 0 amide bonds. The summed E-state index contributed by atoms with van der Waals surface area (Å²) in [5, 5.41) is 8.48. The molecule has 6 heteroatoms. The molecule has 2 heterocycles. The highest BCUT2D eigenvalue weighted by molar-refractivity contribution is 7.20. The molecule has 0 saturated heterocycles. The summed E-state index contributed by atoms with van der Waals surface area (Å²) < 4.78 is 1.36. The number of nitrogens with zero attached hydrogens (tertiary/aromatic N) is 3. The average Bonchev–Trinajstić information content (AvgIpc) is 2.97. The Morgan fingerprint density at radius 1 is 1.21 bits per heavy atom. The molecule has 3 aromatic rings. The van der Waals surface area contributed by atoms with Crippen LogP contribution in [0.2, 0.25) is 0 Å². The monoisotopic (exact) mass is 340 g/mol. The lowest BCUT2D eigenvalue weighted by atomic mass is 9.89. The minimum absolute atomic E-state index is 0.134. The number of hydrogen-bond donors (Lipinski definition) is 1. The van der Waals surface area contributed by atoms with Gasteiger partial charge in [-0.3, -0.25) is 4.79 Å². The van der Waals surface area contributed by atoms with E-state index < -0.39 is 0 Å². The van der Waals surface area contributed by atoms with Gasteiger partial charge >= 0.3 is 0 Å². The lowest BCUT2D eigenvalue weighted by Crippen LogP contribution is -2.15. The summed E-state index contributed by atoms with van der Waals surface area (Å²) in [6.07, 6.45) is 4.95. The van der Waals surface area contributed by atoms with Gasteiger partial charge in [-0.2, -0.15) is 4.52 Å². The van der Waals surface area contributed by atoms with Gasteiger partial charge in [-0.05, 0) is 56.2 Å². The molecule has 1 aliphatic carbocycles. The molecule has 0 bridgehead atoms. The third kappa shape index (κ3) is 2.82. The standard InChI is InChI=1S/C18H20N4OS/c1-11-9-16(23)22-18(19-11)24-17(21-22)20-12(2)14-8-7-13-5-3-4-6-15(13)10-14/h7-10,12H,3-6H2,1-2H3,(H,20,21). The third-order valence-electron chi connectivity index (χ3n) is 4.59. The van der Waals surface area contributed by atoms with E-state index in [9.17, 15) is 4.79 Å². The fraction of sp³-hybridized carbons (Fsp3) is 0.389. The quantitative estimate of drug-likeness (QED) is 0.793. The second-order valence-electron chi connectivity index (χ2n) is 6.44. The van der Waals surface area contributed by atoms with E-state index in [1.54, 1.807) is 0 Å². The van der Waals surface area contributed by atoms with Crippen LogP contribution in [-0.2, 0) is 12.8 Å². The molecule has 0 spiro atoms. The molecule has 1 atom stereocenters. The molecular formula is C18H20N4OS. The van der Waals surface area contributed by atoms with E-state index in [1.165, 1.54) is 64.3 Å². The molecule has 5 nitrogen and oxygen atoms in total. The molecule has 1 aromatic carbocycles. The van der Waals surface area contributed by atoms with Crippen LogP contribution in [0.15, 0.2) is 29.1 Å². The van der Waals surface area contributed by atoms with E-state index in [4.69, 9.17) is 0 Å². The fourth-order valence-electron chi connectivity index (χ4n) is 3.27. The van der Waals surface area contributed by atoms with E-state index in [2.05, 4.69) is 40.5 Å². The van der Waals surface area contributed by atoms with Crippen LogP contribution < -0.4 is 10.9 Å². The van der Waals surface area contributed by atoms with E-state index in [1.807, 2.05) is 6.92 Å². The van der Waals surface area contributed by atoms with Crippen molar-refractivity contribution in [3.05, 3.63) is 57.0 Å². The number of rotatable bonds is 3. The van der Waals surface area contributed by atoms with Crippen LogP contribution in [0.25, 0.3) is 4.96 Å². The van der Waals surface area contributed by atoms with Gasteiger partial charge in [-0.1, -0.05) is 29.5 Å². The zero-order chi connectivity index (χ0) is 16.7. The molecule has 1 unspecified atom stereocenters. The number of anilines is 1. The Hall–Kier alpha value is -2.21. The van der Waals surface area contributed by atoms with E-state index in [0.29, 0.717) is 4.96 Å². The van der Waals surface area contributed by atoms with Crippen molar-refractivity contribution >= 4 is 21.4 Å². The number of nitrogens with one attached hydrogen (secondary N) is 1. The maximum Gasteiger partial charge on any atom is 0.275 e. The molecule has 0 fully saturated rings. The van der Waals surface area contributed by atoms with Crippen LogP contribution in [0.4, 0.5) is 5.13 Å². The van der Waals surface area contributed by atoms with Gasteiger partial charge in [0.15, 0.2) is 0 Å². The number of benzene rings is 1. The van der Waals surface area contributed by atoms with Gasteiger partial charge in [0.05, 0.1) is 6.04 Å². The molecular weight excluding hydrogens is 320 g/mol. The highest BCUT2D eigenvalue weighted by Gasteiger charge is 2.14. The maximum absolute atomic E-state index is 12.0. The van der Waals surface area contributed by atoms with E-state index >= 15 is 0 Å². The van der Waals surface area contributed by atoms with Gasteiger partial charge in [0.1, 0.15) is 0 Å². The minimum atomic E-state index is -0.136. The lowest BCUT2D eigenvalue weighted by molar-refractivity contribution is 0.683. The minimum Gasteiger partial charge on any atom is -0.354 e. The van der Waals surface area contributed by atoms with Gasteiger partial charge in [0.25, 0.3) is 5.56 Å². The van der Waals surface area contributed by atoms with Crippen molar-refractivity contribution in [1.82, 2.24) is 14.6 Å². The topological polar surface area (TPSA) is 59.3 Å². The van der Waals surface area contributed by atoms with Crippen molar-refractivity contribution in [2.75, 3.05) is 5.32 Å². The first-order valence-corrected chi connectivity index (χ1v) is 9.17. The first kappa shape index (κ1) is 15.3. The SMILES string of the molecule is Cc1cc(=O)n2nc(NC(C)c3ccc4c(c3)CCCC4)sc2n1. The second-order valence-corrected chi connectivity index (χ2v) is 7.39. The van der Waals surface area contributed by atoms with Crippen LogP contribution in [0.5, 0.6) is 0 Å². The molecule has 4 rings (SSSR count). The van der Waals surface area contributed by atoms with Crippen molar-refractivity contribution in [2.24, 2.45) is 0 Å². The summed E-state index contributed by atoms with van der Waals surface area (Å²) in [5.41, 5.74) is 4.81. The summed E-state index contributed by atoms with van der Waals surface area (Å²) >= 11 is 1.41.